The monoisotopic (exact) mass is 223 g/mol. The summed E-state index contributed by atoms with van der Waals surface area (Å²) < 4.78 is 5.56. The first-order chi connectivity index (χ1) is 8.38. The van der Waals surface area contributed by atoms with E-state index in [2.05, 4.69) is 18.2 Å². The maximum absolute atomic E-state index is 5.67. The van der Waals surface area contributed by atoms with Gasteiger partial charge in [0.1, 0.15) is 5.58 Å². The number of benzene rings is 2. The van der Waals surface area contributed by atoms with Gasteiger partial charge >= 0.3 is 0 Å². The molecule has 0 atom stereocenters. The van der Waals surface area contributed by atoms with E-state index in [4.69, 9.17) is 10.2 Å². The van der Waals surface area contributed by atoms with Crippen LogP contribution in [0.1, 0.15) is 5.56 Å². The second-order valence-electron chi connectivity index (χ2n) is 4.05. The van der Waals surface area contributed by atoms with Gasteiger partial charge in [0, 0.05) is 17.5 Å². The predicted octanol–water partition coefficient (Wildman–Crippen LogP) is 3.56. The fraction of sp³-hybridized carbons (Fsp3) is 0.0667. The zero-order valence-corrected chi connectivity index (χ0v) is 9.39. The highest BCUT2D eigenvalue weighted by atomic mass is 16.3. The van der Waals surface area contributed by atoms with Crippen LogP contribution in [0, 0.1) is 0 Å². The van der Waals surface area contributed by atoms with Gasteiger partial charge in [-0.1, -0.05) is 36.4 Å². The van der Waals surface area contributed by atoms with E-state index < -0.39 is 0 Å². The van der Waals surface area contributed by atoms with E-state index in [1.165, 1.54) is 5.56 Å². The molecule has 0 aliphatic rings. The van der Waals surface area contributed by atoms with Crippen LogP contribution >= 0.6 is 0 Å². The normalized spacial score (nSPS) is 10.9. The van der Waals surface area contributed by atoms with E-state index in [0.717, 1.165) is 22.1 Å². The maximum Gasteiger partial charge on any atom is 0.134 e. The van der Waals surface area contributed by atoms with Gasteiger partial charge in [0.15, 0.2) is 0 Å². The van der Waals surface area contributed by atoms with Crippen molar-refractivity contribution in [3.63, 3.8) is 0 Å². The first kappa shape index (κ1) is 10.1. The Bertz CT molecular complexity index is 640. The number of hydrogen-bond acceptors (Lipinski definition) is 2. The molecule has 2 N–H and O–H groups in total. The first-order valence-electron chi connectivity index (χ1n) is 5.64. The minimum absolute atomic E-state index is 0.551. The van der Waals surface area contributed by atoms with Gasteiger partial charge in [0.25, 0.3) is 0 Å². The van der Waals surface area contributed by atoms with Crippen LogP contribution in [0.2, 0.25) is 0 Å². The van der Waals surface area contributed by atoms with Crippen LogP contribution in [0.15, 0.2) is 59.2 Å². The van der Waals surface area contributed by atoms with Crippen molar-refractivity contribution in [2.24, 2.45) is 5.73 Å². The molecular formula is C15H13NO. The van der Waals surface area contributed by atoms with Crippen LogP contribution in [-0.2, 0) is 6.54 Å². The summed E-state index contributed by atoms with van der Waals surface area (Å²) in [5.41, 5.74) is 9.98. The van der Waals surface area contributed by atoms with Gasteiger partial charge in [-0.15, -0.1) is 0 Å². The van der Waals surface area contributed by atoms with Crippen molar-refractivity contribution < 1.29 is 4.42 Å². The van der Waals surface area contributed by atoms with E-state index in [-0.39, 0.29) is 0 Å². The number of hydrogen-bond donors (Lipinski definition) is 1. The molecule has 3 rings (SSSR count). The molecule has 0 amide bonds. The van der Waals surface area contributed by atoms with E-state index >= 15 is 0 Å². The quantitative estimate of drug-likeness (QED) is 0.721. The van der Waals surface area contributed by atoms with Crippen molar-refractivity contribution in [2.45, 2.75) is 6.54 Å². The third kappa shape index (κ3) is 1.73. The van der Waals surface area contributed by atoms with Gasteiger partial charge in [0.05, 0.1) is 6.26 Å². The van der Waals surface area contributed by atoms with Gasteiger partial charge in [-0.05, 0) is 23.3 Å². The van der Waals surface area contributed by atoms with Crippen LogP contribution in [0.4, 0.5) is 0 Å². The molecule has 84 valence electrons. The molecule has 0 saturated heterocycles. The topological polar surface area (TPSA) is 39.2 Å². The molecule has 0 fully saturated rings. The first-order valence-corrected chi connectivity index (χ1v) is 5.64. The molecule has 0 radical (unpaired) electrons. The third-order valence-corrected chi connectivity index (χ3v) is 2.96. The number of rotatable bonds is 2. The second-order valence-corrected chi connectivity index (χ2v) is 4.05. The average molecular weight is 223 g/mol. The zero-order chi connectivity index (χ0) is 11.7. The van der Waals surface area contributed by atoms with E-state index in [9.17, 15) is 0 Å². The summed E-state index contributed by atoms with van der Waals surface area (Å²) in [5, 5.41) is 1.12. The average Bonchev–Trinajstić information content (AvgIpc) is 2.82. The van der Waals surface area contributed by atoms with E-state index in [1.807, 2.05) is 30.3 Å². The molecule has 2 aromatic carbocycles. The Kier molecular flexibility index (Phi) is 2.42. The number of furan rings is 1. The molecule has 1 aromatic heterocycles. The molecule has 0 unspecified atom stereocenters. The summed E-state index contributed by atoms with van der Waals surface area (Å²) >= 11 is 0. The minimum Gasteiger partial charge on any atom is -0.464 e. The lowest BCUT2D eigenvalue weighted by Crippen LogP contribution is -1.94. The standard InChI is InChI=1S/C15H13NO/c16-9-11-6-7-15-13(8-11)14(10-17-15)12-4-2-1-3-5-12/h1-8,10H,9,16H2. The molecule has 0 aliphatic carbocycles. The maximum atomic E-state index is 5.67. The van der Waals surface area contributed by atoms with Gasteiger partial charge in [-0.25, -0.2) is 0 Å². The fourth-order valence-corrected chi connectivity index (χ4v) is 2.04. The second kappa shape index (κ2) is 4.07. The lowest BCUT2D eigenvalue weighted by molar-refractivity contribution is 0.617. The van der Waals surface area contributed by atoms with Crippen LogP contribution in [0.3, 0.4) is 0 Å². The van der Waals surface area contributed by atoms with Gasteiger partial charge in [-0.2, -0.15) is 0 Å². The van der Waals surface area contributed by atoms with Crippen LogP contribution in [-0.4, -0.2) is 0 Å². The lowest BCUT2D eigenvalue weighted by Gasteiger charge is -1.99. The van der Waals surface area contributed by atoms with Gasteiger partial charge < -0.3 is 10.2 Å². The molecule has 0 saturated carbocycles. The Labute approximate surface area is 99.7 Å². The molecule has 0 aliphatic heterocycles. The molecule has 2 heteroatoms. The van der Waals surface area contributed by atoms with Crippen molar-refractivity contribution >= 4 is 11.0 Å². The Balaban J connectivity index is 2.23. The highest BCUT2D eigenvalue weighted by Crippen LogP contribution is 2.30. The predicted molar refractivity (Wildman–Crippen MR) is 69.5 cm³/mol. The smallest absolute Gasteiger partial charge is 0.134 e. The lowest BCUT2D eigenvalue weighted by atomic mass is 10.0. The summed E-state index contributed by atoms with van der Waals surface area (Å²) in [6, 6.07) is 16.3. The van der Waals surface area contributed by atoms with Crippen LogP contribution in [0.5, 0.6) is 0 Å². The SMILES string of the molecule is NCc1ccc2occ(-c3ccccc3)c2c1. The summed E-state index contributed by atoms with van der Waals surface area (Å²) in [6.07, 6.45) is 1.81. The van der Waals surface area contributed by atoms with E-state index in [1.54, 1.807) is 6.26 Å². The minimum atomic E-state index is 0.551. The molecule has 0 spiro atoms. The number of nitrogens with two attached hydrogens (primary N) is 1. The zero-order valence-electron chi connectivity index (χ0n) is 9.39. The highest BCUT2D eigenvalue weighted by Gasteiger charge is 2.07. The van der Waals surface area contributed by atoms with Crippen LogP contribution < -0.4 is 5.73 Å². The van der Waals surface area contributed by atoms with Crippen molar-refractivity contribution in [3.8, 4) is 11.1 Å². The highest BCUT2D eigenvalue weighted by molar-refractivity contribution is 5.94. The summed E-state index contributed by atoms with van der Waals surface area (Å²) in [7, 11) is 0. The van der Waals surface area contributed by atoms with Gasteiger partial charge in [-0.3, -0.25) is 0 Å². The van der Waals surface area contributed by atoms with Gasteiger partial charge in [0.2, 0.25) is 0 Å². The summed E-state index contributed by atoms with van der Waals surface area (Å²) in [4.78, 5) is 0. The summed E-state index contributed by atoms with van der Waals surface area (Å²) in [6.45, 7) is 0.551. The Morgan fingerprint density at radius 2 is 1.82 bits per heavy atom. The largest absolute Gasteiger partial charge is 0.464 e. The molecule has 0 bridgehead atoms. The Morgan fingerprint density at radius 3 is 2.59 bits per heavy atom. The molecular weight excluding hydrogens is 210 g/mol. The van der Waals surface area contributed by atoms with Crippen molar-refractivity contribution in [1.82, 2.24) is 0 Å². The molecule has 1 heterocycles. The van der Waals surface area contributed by atoms with E-state index in [0.29, 0.717) is 6.54 Å². The molecule has 17 heavy (non-hydrogen) atoms. The van der Waals surface area contributed by atoms with Crippen LogP contribution in [0.25, 0.3) is 22.1 Å². The Morgan fingerprint density at radius 1 is 1.00 bits per heavy atom. The number of fused-ring (bicyclic) bond motifs is 1. The third-order valence-electron chi connectivity index (χ3n) is 2.96. The van der Waals surface area contributed by atoms with Crippen molar-refractivity contribution in [1.29, 1.82) is 0 Å². The van der Waals surface area contributed by atoms with Crippen molar-refractivity contribution in [2.75, 3.05) is 0 Å². The molecule has 3 aromatic rings. The summed E-state index contributed by atoms with van der Waals surface area (Å²) in [5.74, 6) is 0. The Hall–Kier alpha value is -2.06. The fourth-order valence-electron chi connectivity index (χ4n) is 2.04. The molecule has 2 nitrogen and oxygen atoms in total. The van der Waals surface area contributed by atoms with Crippen molar-refractivity contribution in [3.05, 3.63) is 60.4 Å².